The van der Waals surface area contributed by atoms with Gasteiger partial charge < -0.3 is 9.84 Å². The van der Waals surface area contributed by atoms with Crippen molar-refractivity contribution < 1.29 is 19.0 Å². The number of nitrogens with zero attached hydrogens (tertiary/aromatic N) is 1. The van der Waals surface area contributed by atoms with Crippen LogP contribution in [0, 0.1) is 29.2 Å². The average Bonchev–Trinajstić information content (AvgIpc) is 2.62. The monoisotopic (exact) mass is 335 g/mol. The molecule has 0 aliphatic carbocycles. The predicted octanol–water partition coefficient (Wildman–Crippen LogP) is 4.18. The van der Waals surface area contributed by atoms with E-state index in [4.69, 9.17) is 5.26 Å². The molecule has 24 heavy (non-hydrogen) atoms. The molecule has 0 heterocycles. The third kappa shape index (κ3) is 13.3. The van der Waals surface area contributed by atoms with Crippen molar-refractivity contribution in [3.8, 4) is 18.1 Å². The molecule has 0 spiro atoms. The molecular formula is C19H26FNO3. The molecule has 1 aromatic carbocycles. The van der Waals surface area contributed by atoms with Gasteiger partial charge in [0, 0.05) is 18.4 Å². The fourth-order valence-electron chi connectivity index (χ4n) is 1.47. The molecule has 1 N–H and O–H groups in total. The second-order valence-electron chi connectivity index (χ2n) is 4.11. The number of carbonyl (C=O) groups is 1. The molecule has 132 valence electrons. The van der Waals surface area contributed by atoms with Crippen molar-refractivity contribution in [2.75, 3.05) is 0 Å². The van der Waals surface area contributed by atoms with Gasteiger partial charge in [-0.05, 0) is 37.1 Å². The number of carbonyl (C=O) groups excluding carboxylic acids is 1. The molecule has 1 unspecified atom stereocenters. The maximum Gasteiger partial charge on any atom is 0.321 e. The van der Waals surface area contributed by atoms with Crippen LogP contribution < -0.4 is 0 Å². The lowest BCUT2D eigenvalue weighted by Crippen LogP contribution is -2.10. The molecule has 0 fully saturated rings. The Kier molecular flexibility index (Phi) is 16.9. The van der Waals surface area contributed by atoms with Gasteiger partial charge in [-0.3, -0.25) is 4.79 Å². The predicted molar refractivity (Wildman–Crippen MR) is 92.2 cm³/mol. The summed E-state index contributed by atoms with van der Waals surface area (Å²) in [7, 11) is 0. The lowest BCUT2D eigenvalue weighted by molar-refractivity contribution is -0.137. The largest absolute Gasteiger partial charge is 0.393 e. The Morgan fingerprint density at radius 1 is 1.21 bits per heavy atom. The molecule has 1 rings (SSSR count). The number of halogens is 1. The van der Waals surface area contributed by atoms with E-state index in [1.807, 2.05) is 27.7 Å². The highest BCUT2D eigenvalue weighted by Crippen LogP contribution is 2.06. The van der Waals surface area contributed by atoms with Gasteiger partial charge in [0.2, 0.25) is 0 Å². The average molecular weight is 335 g/mol. The number of aliphatic hydroxyl groups is 1. The number of hydrogen-bond acceptors (Lipinski definition) is 4. The molecule has 5 heteroatoms. The molecule has 0 aromatic heterocycles. The van der Waals surface area contributed by atoms with E-state index in [0.29, 0.717) is 18.4 Å². The maximum absolute atomic E-state index is 12.6. The highest BCUT2D eigenvalue weighted by atomic mass is 19.1. The molecule has 0 aliphatic rings. The van der Waals surface area contributed by atoms with Crippen molar-refractivity contribution >= 4 is 5.97 Å². The van der Waals surface area contributed by atoms with Gasteiger partial charge in [-0.25, -0.2) is 4.39 Å². The number of aliphatic hydroxyl groups excluding tert-OH is 1. The first kappa shape index (κ1) is 23.9. The van der Waals surface area contributed by atoms with E-state index in [1.165, 1.54) is 18.4 Å². The first-order chi connectivity index (χ1) is 11.6. The number of benzene rings is 1. The Labute approximate surface area is 144 Å². The van der Waals surface area contributed by atoms with Crippen LogP contribution in [0.3, 0.4) is 0 Å². The second kappa shape index (κ2) is 17.0. The second-order valence-corrected chi connectivity index (χ2v) is 4.11. The zero-order chi connectivity index (χ0) is 18.8. The van der Waals surface area contributed by atoms with Crippen LogP contribution in [0.5, 0.6) is 0 Å². The highest BCUT2D eigenvalue weighted by Gasteiger charge is 2.08. The van der Waals surface area contributed by atoms with Gasteiger partial charge in [-0.1, -0.05) is 39.5 Å². The molecule has 0 radical (unpaired) electrons. The van der Waals surface area contributed by atoms with E-state index in [0.717, 1.165) is 0 Å². The molecular weight excluding hydrogens is 309 g/mol. The fourth-order valence-corrected chi connectivity index (χ4v) is 1.47. The summed E-state index contributed by atoms with van der Waals surface area (Å²) in [6.45, 7) is 8.00. The van der Waals surface area contributed by atoms with Gasteiger partial charge in [-0.15, -0.1) is 5.26 Å². The summed E-state index contributed by atoms with van der Waals surface area (Å²) in [5.41, 5.74) is 0.707. The number of esters is 1. The molecule has 0 aliphatic heterocycles. The van der Waals surface area contributed by atoms with Gasteiger partial charge in [-0.2, -0.15) is 0 Å². The van der Waals surface area contributed by atoms with Crippen LogP contribution in [0.4, 0.5) is 4.39 Å². The minimum atomic E-state index is -0.663. The first-order valence-electron chi connectivity index (χ1n) is 8.13. The Morgan fingerprint density at radius 3 is 2.33 bits per heavy atom. The summed E-state index contributed by atoms with van der Waals surface area (Å²) >= 11 is 0. The van der Waals surface area contributed by atoms with Gasteiger partial charge >= 0.3 is 5.97 Å². The van der Waals surface area contributed by atoms with Crippen molar-refractivity contribution in [2.45, 2.75) is 59.5 Å². The normalized spacial score (nSPS) is 9.54. The van der Waals surface area contributed by atoms with Crippen molar-refractivity contribution in [1.29, 1.82) is 5.26 Å². The Bertz CT molecular complexity index is 538. The van der Waals surface area contributed by atoms with Gasteiger partial charge in [0.1, 0.15) is 5.82 Å². The zero-order valence-corrected chi connectivity index (χ0v) is 14.8. The summed E-state index contributed by atoms with van der Waals surface area (Å²) < 4.78 is 16.7. The molecule has 1 aromatic rings. The van der Waals surface area contributed by atoms with E-state index in [1.54, 1.807) is 12.1 Å². The van der Waals surface area contributed by atoms with E-state index in [2.05, 4.69) is 16.6 Å². The minimum absolute atomic E-state index is 0.000116. The van der Waals surface area contributed by atoms with Gasteiger partial charge in [0.15, 0.2) is 0 Å². The van der Waals surface area contributed by atoms with Crippen LogP contribution in [0.2, 0.25) is 0 Å². The maximum atomic E-state index is 12.6. The Balaban J connectivity index is 0. The number of hydrogen-bond donors (Lipinski definition) is 1. The van der Waals surface area contributed by atoms with E-state index in [-0.39, 0.29) is 18.7 Å². The summed E-state index contributed by atoms with van der Waals surface area (Å²) in [5, 5.41) is 17.7. The van der Waals surface area contributed by atoms with Crippen LogP contribution >= 0.6 is 0 Å². The summed E-state index contributed by atoms with van der Waals surface area (Å²) in [6.07, 6.45) is 1.75. The SMILES string of the molecule is CC.CC.N#COC(=O)CCC(O)CCC#Cc1ccc(F)cc1. The van der Waals surface area contributed by atoms with Crippen LogP contribution in [-0.4, -0.2) is 17.2 Å². The van der Waals surface area contributed by atoms with Crippen molar-refractivity contribution in [3.63, 3.8) is 0 Å². The highest BCUT2D eigenvalue weighted by molar-refractivity contribution is 5.70. The summed E-state index contributed by atoms with van der Waals surface area (Å²) in [6, 6.07) is 5.83. The van der Waals surface area contributed by atoms with Crippen molar-refractivity contribution in [1.82, 2.24) is 0 Å². The van der Waals surface area contributed by atoms with Gasteiger partial charge in [0.05, 0.1) is 6.10 Å². The Morgan fingerprint density at radius 2 is 1.79 bits per heavy atom. The molecule has 4 nitrogen and oxygen atoms in total. The van der Waals surface area contributed by atoms with E-state index >= 15 is 0 Å². The molecule has 0 saturated heterocycles. The lowest BCUT2D eigenvalue weighted by atomic mass is 10.1. The summed E-state index contributed by atoms with van der Waals surface area (Å²) in [4.78, 5) is 10.9. The topological polar surface area (TPSA) is 70.3 Å². The summed E-state index contributed by atoms with van der Waals surface area (Å²) in [5.74, 6) is 4.75. The zero-order valence-electron chi connectivity index (χ0n) is 14.8. The Hall–Kier alpha value is -2.37. The number of ether oxygens (including phenoxy) is 1. The van der Waals surface area contributed by atoms with E-state index < -0.39 is 12.1 Å². The van der Waals surface area contributed by atoms with Crippen LogP contribution in [0.25, 0.3) is 0 Å². The van der Waals surface area contributed by atoms with Gasteiger partial charge in [0.25, 0.3) is 6.26 Å². The molecule has 0 amide bonds. The fraction of sp³-hybridized carbons (Fsp3) is 0.474. The standard InChI is InChI=1S/C15H14FNO3.2C2H6/c16-13-7-5-12(6-8-13)3-1-2-4-14(18)9-10-15(19)20-11-17;2*1-2/h5-8,14,18H,2,4,9-10H2;2*1-2H3. The van der Waals surface area contributed by atoms with E-state index in [9.17, 15) is 14.3 Å². The van der Waals surface area contributed by atoms with Crippen molar-refractivity contribution in [2.24, 2.45) is 0 Å². The molecule has 1 atom stereocenters. The number of rotatable bonds is 5. The quantitative estimate of drug-likeness (QED) is 0.498. The van der Waals surface area contributed by atoms with Crippen LogP contribution in [0.1, 0.15) is 58.9 Å². The van der Waals surface area contributed by atoms with Crippen LogP contribution in [0.15, 0.2) is 24.3 Å². The smallest absolute Gasteiger partial charge is 0.321 e. The minimum Gasteiger partial charge on any atom is -0.393 e. The third-order valence-corrected chi connectivity index (χ3v) is 2.52. The third-order valence-electron chi connectivity index (χ3n) is 2.52. The lowest BCUT2D eigenvalue weighted by Gasteiger charge is -2.06. The molecule has 0 saturated carbocycles. The number of nitriles is 1. The van der Waals surface area contributed by atoms with Crippen molar-refractivity contribution in [3.05, 3.63) is 35.6 Å². The van der Waals surface area contributed by atoms with Crippen LogP contribution in [-0.2, 0) is 9.53 Å². The first-order valence-corrected chi connectivity index (χ1v) is 8.13. The molecule has 0 bridgehead atoms.